The van der Waals surface area contributed by atoms with E-state index in [0.29, 0.717) is 34.4 Å². The van der Waals surface area contributed by atoms with Crippen molar-refractivity contribution in [1.82, 2.24) is 9.88 Å². The number of benzene rings is 2. The van der Waals surface area contributed by atoms with Crippen LogP contribution in [-0.4, -0.2) is 29.4 Å². The highest BCUT2D eigenvalue weighted by molar-refractivity contribution is 6.38. The molecule has 1 aliphatic rings. The summed E-state index contributed by atoms with van der Waals surface area (Å²) >= 11 is 12.5. The van der Waals surface area contributed by atoms with Crippen LogP contribution in [0.25, 0.3) is 10.9 Å². The average molecular weight is 375 g/mol. The number of aromatic amines is 1. The van der Waals surface area contributed by atoms with E-state index in [2.05, 4.69) is 4.98 Å². The van der Waals surface area contributed by atoms with E-state index in [9.17, 15) is 4.79 Å². The van der Waals surface area contributed by atoms with Crippen molar-refractivity contribution in [2.45, 2.75) is 13.0 Å². The van der Waals surface area contributed by atoms with Gasteiger partial charge in [-0.1, -0.05) is 35.3 Å². The second-order valence-electron chi connectivity index (χ2n) is 6.07. The molecule has 1 N–H and O–H groups in total. The molecule has 4 nitrogen and oxygen atoms in total. The van der Waals surface area contributed by atoms with Crippen LogP contribution in [0, 0.1) is 0 Å². The van der Waals surface area contributed by atoms with Crippen molar-refractivity contribution in [2.24, 2.45) is 0 Å². The zero-order valence-electron chi connectivity index (χ0n) is 13.6. The molecule has 0 saturated carbocycles. The molecule has 3 aromatic rings. The van der Waals surface area contributed by atoms with Gasteiger partial charge < -0.3 is 14.6 Å². The van der Waals surface area contributed by atoms with E-state index < -0.39 is 0 Å². The number of fused-ring (bicyclic) bond motifs is 3. The molecular weight excluding hydrogens is 359 g/mol. The van der Waals surface area contributed by atoms with E-state index in [-0.39, 0.29) is 5.91 Å². The Hall–Kier alpha value is -2.17. The molecule has 2 heterocycles. The van der Waals surface area contributed by atoms with E-state index >= 15 is 0 Å². The molecule has 4 rings (SSSR count). The fourth-order valence-corrected chi connectivity index (χ4v) is 3.94. The van der Waals surface area contributed by atoms with E-state index in [0.717, 1.165) is 28.6 Å². The topological polar surface area (TPSA) is 45.3 Å². The van der Waals surface area contributed by atoms with Gasteiger partial charge in [-0.3, -0.25) is 4.79 Å². The Kier molecular flexibility index (Phi) is 4.10. The van der Waals surface area contributed by atoms with Gasteiger partial charge in [-0.2, -0.15) is 0 Å². The van der Waals surface area contributed by atoms with Crippen LogP contribution in [0.5, 0.6) is 5.75 Å². The molecule has 0 atom stereocenters. The number of methoxy groups -OCH3 is 1. The molecule has 1 aromatic heterocycles. The highest BCUT2D eigenvalue weighted by atomic mass is 35.5. The summed E-state index contributed by atoms with van der Waals surface area (Å²) in [6, 6.07) is 10.9. The minimum Gasteiger partial charge on any atom is -0.496 e. The van der Waals surface area contributed by atoms with E-state index in [1.165, 1.54) is 0 Å². The average Bonchev–Trinajstić information content (AvgIpc) is 2.99. The van der Waals surface area contributed by atoms with Gasteiger partial charge in [0.2, 0.25) is 0 Å². The highest BCUT2D eigenvalue weighted by Crippen LogP contribution is 2.35. The van der Waals surface area contributed by atoms with E-state index in [4.69, 9.17) is 27.9 Å². The minimum absolute atomic E-state index is 0.0365. The number of hydrogen-bond donors (Lipinski definition) is 1. The van der Waals surface area contributed by atoms with Gasteiger partial charge in [0.25, 0.3) is 5.91 Å². The van der Waals surface area contributed by atoms with Crippen LogP contribution < -0.4 is 4.74 Å². The summed E-state index contributed by atoms with van der Waals surface area (Å²) in [5.41, 5.74) is 3.64. The summed E-state index contributed by atoms with van der Waals surface area (Å²) in [7, 11) is 1.57. The zero-order valence-corrected chi connectivity index (χ0v) is 15.1. The van der Waals surface area contributed by atoms with Crippen LogP contribution >= 0.6 is 23.2 Å². The number of nitrogens with zero attached hydrogens (tertiary/aromatic N) is 1. The smallest absolute Gasteiger partial charge is 0.257 e. The molecule has 1 amide bonds. The van der Waals surface area contributed by atoms with Crippen LogP contribution in [0.15, 0.2) is 36.4 Å². The third-order valence-electron chi connectivity index (χ3n) is 4.63. The molecule has 0 aliphatic carbocycles. The summed E-state index contributed by atoms with van der Waals surface area (Å²) in [5.74, 6) is 0.550. The Balaban J connectivity index is 1.72. The maximum atomic E-state index is 13.0. The SMILES string of the molecule is COc1ccccc1C(=O)N1CCc2[nH]c3c(Cl)cc(Cl)cc3c2C1. The highest BCUT2D eigenvalue weighted by Gasteiger charge is 2.27. The predicted molar refractivity (Wildman–Crippen MR) is 99.8 cm³/mol. The molecule has 25 heavy (non-hydrogen) atoms. The first kappa shape index (κ1) is 16.3. The zero-order chi connectivity index (χ0) is 17.6. The quantitative estimate of drug-likeness (QED) is 0.707. The Labute approximate surface area is 155 Å². The van der Waals surface area contributed by atoms with Gasteiger partial charge in [-0.15, -0.1) is 0 Å². The van der Waals surface area contributed by atoms with Gasteiger partial charge in [-0.25, -0.2) is 0 Å². The Morgan fingerprint density at radius 2 is 2.04 bits per heavy atom. The number of carbonyl (C=O) groups excluding carboxylic acids is 1. The van der Waals surface area contributed by atoms with Gasteiger partial charge in [0, 0.05) is 41.2 Å². The molecule has 0 saturated heterocycles. The van der Waals surface area contributed by atoms with E-state index in [1.807, 2.05) is 23.1 Å². The molecule has 128 valence electrons. The van der Waals surface area contributed by atoms with Crippen molar-refractivity contribution < 1.29 is 9.53 Å². The molecule has 0 bridgehead atoms. The second kappa shape index (κ2) is 6.28. The first-order valence-corrected chi connectivity index (χ1v) is 8.75. The molecular formula is C19H16Cl2N2O2. The second-order valence-corrected chi connectivity index (χ2v) is 6.91. The monoisotopic (exact) mass is 374 g/mol. The molecule has 2 aromatic carbocycles. The summed E-state index contributed by atoms with van der Waals surface area (Å²) in [5, 5.41) is 2.16. The molecule has 0 radical (unpaired) electrons. The Bertz CT molecular complexity index is 981. The lowest BCUT2D eigenvalue weighted by atomic mass is 10.0. The van der Waals surface area contributed by atoms with Crippen molar-refractivity contribution in [2.75, 3.05) is 13.7 Å². The number of nitrogens with one attached hydrogen (secondary N) is 1. The van der Waals surface area contributed by atoms with Gasteiger partial charge in [0.15, 0.2) is 0 Å². The molecule has 0 spiro atoms. The molecule has 1 aliphatic heterocycles. The van der Waals surface area contributed by atoms with Crippen molar-refractivity contribution >= 4 is 40.0 Å². The fourth-order valence-electron chi connectivity index (χ4n) is 3.40. The number of rotatable bonds is 2. The summed E-state index contributed by atoms with van der Waals surface area (Å²) in [4.78, 5) is 18.2. The normalized spacial score (nSPS) is 13.8. The maximum Gasteiger partial charge on any atom is 0.257 e. The lowest BCUT2D eigenvalue weighted by Crippen LogP contribution is -2.36. The van der Waals surface area contributed by atoms with Gasteiger partial charge >= 0.3 is 0 Å². The number of hydrogen-bond acceptors (Lipinski definition) is 2. The number of ether oxygens (including phenoxy) is 1. The van der Waals surface area contributed by atoms with Gasteiger partial charge in [0.1, 0.15) is 5.75 Å². The van der Waals surface area contributed by atoms with Crippen LogP contribution in [0.2, 0.25) is 10.0 Å². The van der Waals surface area contributed by atoms with Crippen molar-refractivity contribution in [1.29, 1.82) is 0 Å². The lowest BCUT2D eigenvalue weighted by Gasteiger charge is -2.28. The third-order valence-corrected chi connectivity index (χ3v) is 5.14. The van der Waals surface area contributed by atoms with E-state index in [1.54, 1.807) is 25.3 Å². The summed E-state index contributed by atoms with van der Waals surface area (Å²) in [6.07, 6.45) is 0.749. The van der Waals surface area contributed by atoms with Crippen LogP contribution in [0.3, 0.4) is 0 Å². The lowest BCUT2D eigenvalue weighted by molar-refractivity contribution is 0.0731. The molecule has 0 fully saturated rings. The van der Waals surface area contributed by atoms with Crippen molar-refractivity contribution in [3.8, 4) is 5.75 Å². The standard InChI is InChI=1S/C19H16Cl2N2O2/c1-25-17-5-3-2-4-12(17)19(24)23-7-6-16-14(10-23)13-8-11(20)9-15(21)18(13)22-16/h2-5,8-9,22H,6-7,10H2,1H3. The number of aromatic nitrogens is 1. The Morgan fingerprint density at radius 3 is 2.84 bits per heavy atom. The molecule has 0 unspecified atom stereocenters. The summed E-state index contributed by atoms with van der Waals surface area (Å²) in [6.45, 7) is 1.16. The molecule has 6 heteroatoms. The van der Waals surface area contributed by atoms with Gasteiger partial charge in [-0.05, 0) is 24.3 Å². The number of halogens is 2. The van der Waals surface area contributed by atoms with Crippen LogP contribution in [0.4, 0.5) is 0 Å². The van der Waals surface area contributed by atoms with Crippen molar-refractivity contribution in [3.63, 3.8) is 0 Å². The number of para-hydroxylation sites is 1. The number of carbonyl (C=O) groups is 1. The first-order valence-electron chi connectivity index (χ1n) is 7.99. The van der Waals surface area contributed by atoms with Crippen LogP contribution in [0.1, 0.15) is 21.6 Å². The number of amides is 1. The number of H-pyrrole nitrogens is 1. The summed E-state index contributed by atoms with van der Waals surface area (Å²) < 4.78 is 5.32. The first-order chi connectivity index (χ1) is 12.1. The Morgan fingerprint density at radius 1 is 1.24 bits per heavy atom. The minimum atomic E-state index is -0.0365. The van der Waals surface area contributed by atoms with Gasteiger partial charge in [0.05, 0.1) is 23.2 Å². The third kappa shape index (κ3) is 2.75. The van der Waals surface area contributed by atoms with Crippen molar-refractivity contribution in [3.05, 3.63) is 63.3 Å². The maximum absolute atomic E-state index is 13.0. The van der Waals surface area contributed by atoms with Crippen LogP contribution in [-0.2, 0) is 13.0 Å². The fraction of sp³-hybridized carbons (Fsp3) is 0.211. The predicted octanol–water partition coefficient (Wildman–Crippen LogP) is 4.68. The largest absolute Gasteiger partial charge is 0.496 e.